The fraction of sp³-hybridized carbons (Fsp3) is 0.562. The second-order valence-electron chi connectivity index (χ2n) is 6.06. The van der Waals surface area contributed by atoms with E-state index in [4.69, 9.17) is 0 Å². The zero-order valence-electron chi connectivity index (χ0n) is 12.6. The predicted octanol–water partition coefficient (Wildman–Crippen LogP) is 3.09. The van der Waals surface area contributed by atoms with Crippen LogP contribution >= 0.6 is 0 Å². The third kappa shape index (κ3) is 4.06. The number of nitrogens with zero attached hydrogens (tertiary/aromatic N) is 1. The standard InChI is InChI=1S/C16H25NO2/c1-6-12-7-11(2)8-13(15(12)19)9-17-14(10-18)16(3,4)5/h7-9,14,18-19H,6,10H2,1-5H3. The molecule has 0 aliphatic rings. The van der Waals surface area contributed by atoms with Gasteiger partial charge in [-0.2, -0.15) is 0 Å². The van der Waals surface area contributed by atoms with E-state index in [2.05, 4.69) is 4.99 Å². The number of aliphatic hydroxyl groups is 1. The molecule has 1 aromatic carbocycles. The molecule has 0 aliphatic heterocycles. The third-order valence-electron chi connectivity index (χ3n) is 3.31. The van der Waals surface area contributed by atoms with Gasteiger partial charge < -0.3 is 10.2 Å². The van der Waals surface area contributed by atoms with E-state index in [1.165, 1.54) is 0 Å². The lowest BCUT2D eigenvalue weighted by atomic mass is 9.88. The van der Waals surface area contributed by atoms with Gasteiger partial charge in [0, 0.05) is 11.8 Å². The SMILES string of the molecule is CCc1cc(C)cc(C=NC(CO)C(C)(C)C)c1O. The van der Waals surface area contributed by atoms with Gasteiger partial charge in [-0.3, -0.25) is 4.99 Å². The molecule has 0 saturated carbocycles. The van der Waals surface area contributed by atoms with Crippen molar-refractivity contribution in [2.45, 2.75) is 47.1 Å². The third-order valence-corrected chi connectivity index (χ3v) is 3.31. The number of benzene rings is 1. The Kier molecular flexibility index (Phi) is 5.12. The summed E-state index contributed by atoms with van der Waals surface area (Å²) in [5, 5.41) is 19.5. The number of aryl methyl sites for hydroxylation is 2. The quantitative estimate of drug-likeness (QED) is 0.820. The van der Waals surface area contributed by atoms with Crippen LogP contribution in [0, 0.1) is 12.3 Å². The molecule has 0 aromatic heterocycles. The van der Waals surface area contributed by atoms with Gasteiger partial charge in [0.2, 0.25) is 0 Å². The topological polar surface area (TPSA) is 52.8 Å². The van der Waals surface area contributed by atoms with Crippen molar-refractivity contribution >= 4 is 6.21 Å². The Morgan fingerprint density at radius 3 is 2.42 bits per heavy atom. The van der Waals surface area contributed by atoms with Crippen molar-refractivity contribution in [3.63, 3.8) is 0 Å². The summed E-state index contributed by atoms with van der Waals surface area (Å²) < 4.78 is 0. The Morgan fingerprint density at radius 2 is 1.95 bits per heavy atom. The number of hydrogen-bond acceptors (Lipinski definition) is 3. The van der Waals surface area contributed by atoms with Gasteiger partial charge in [0.15, 0.2) is 0 Å². The molecule has 0 saturated heterocycles. The molecule has 1 atom stereocenters. The highest BCUT2D eigenvalue weighted by molar-refractivity contribution is 5.84. The molecule has 19 heavy (non-hydrogen) atoms. The van der Waals surface area contributed by atoms with E-state index >= 15 is 0 Å². The first kappa shape index (κ1) is 15.7. The van der Waals surface area contributed by atoms with Gasteiger partial charge in [-0.15, -0.1) is 0 Å². The lowest BCUT2D eigenvalue weighted by Gasteiger charge is -2.25. The van der Waals surface area contributed by atoms with Crippen LogP contribution in [0.4, 0.5) is 0 Å². The predicted molar refractivity (Wildman–Crippen MR) is 80.1 cm³/mol. The van der Waals surface area contributed by atoms with Gasteiger partial charge in [-0.05, 0) is 36.0 Å². The van der Waals surface area contributed by atoms with E-state index in [0.29, 0.717) is 5.75 Å². The molecular weight excluding hydrogens is 238 g/mol. The van der Waals surface area contributed by atoms with Crippen molar-refractivity contribution in [3.05, 3.63) is 28.8 Å². The van der Waals surface area contributed by atoms with Crippen LogP contribution in [0.15, 0.2) is 17.1 Å². The van der Waals surface area contributed by atoms with E-state index in [0.717, 1.165) is 23.1 Å². The second kappa shape index (κ2) is 6.20. The van der Waals surface area contributed by atoms with Crippen LogP contribution in [0.1, 0.15) is 44.4 Å². The Morgan fingerprint density at radius 1 is 1.32 bits per heavy atom. The minimum atomic E-state index is -0.169. The molecule has 1 aromatic rings. The van der Waals surface area contributed by atoms with Crippen molar-refractivity contribution in [1.82, 2.24) is 0 Å². The number of phenolic OH excluding ortho intramolecular Hbond substituents is 1. The smallest absolute Gasteiger partial charge is 0.127 e. The summed E-state index contributed by atoms with van der Waals surface area (Å²) in [7, 11) is 0. The second-order valence-corrected chi connectivity index (χ2v) is 6.06. The van der Waals surface area contributed by atoms with E-state index in [-0.39, 0.29) is 18.1 Å². The zero-order chi connectivity index (χ0) is 14.6. The molecular formula is C16H25NO2. The molecule has 0 fully saturated rings. The highest BCUT2D eigenvalue weighted by atomic mass is 16.3. The van der Waals surface area contributed by atoms with E-state index in [1.807, 2.05) is 46.8 Å². The van der Waals surface area contributed by atoms with E-state index < -0.39 is 0 Å². The van der Waals surface area contributed by atoms with Crippen LogP contribution < -0.4 is 0 Å². The van der Waals surface area contributed by atoms with E-state index in [9.17, 15) is 10.2 Å². The first-order valence-electron chi connectivity index (χ1n) is 6.76. The maximum absolute atomic E-state index is 10.1. The molecule has 0 amide bonds. The van der Waals surface area contributed by atoms with Gasteiger partial charge in [-0.1, -0.05) is 33.8 Å². The van der Waals surface area contributed by atoms with Gasteiger partial charge in [0.1, 0.15) is 5.75 Å². The Hall–Kier alpha value is -1.35. The molecule has 0 heterocycles. The summed E-state index contributed by atoms with van der Waals surface area (Å²) in [6.07, 6.45) is 2.46. The molecule has 106 valence electrons. The average Bonchev–Trinajstić information content (AvgIpc) is 2.31. The largest absolute Gasteiger partial charge is 0.507 e. The Bertz CT molecular complexity index is 459. The molecule has 0 aliphatic carbocycles. The Labute approximate surface area is 116 Å². The highest BCUT2D eigenvalue weighted by Gasteiger charge is 2.22. The summed E-state index contributed by atoms with van der Waals surface area (Å²) in [6, 6.07) is 3.73. The van der Waals surface area contributed by atoms with Crippen LogP contribution in [0.25, 0.3) is 0 Å². The van der Waals surface area contributed by atoms with E-state index in [1.54, 1.807) is 6.21 Å². The molecule has 0 radical (unpaired) electrons. The summed E-state index contributed by atoms with van der Waals surface area (Å²) in [4.78, 5) is 4.43. The monoisotopic (exact) mass is 263 g/mol. The van der Waals surface area contributed by atoms with Crippen molar-refractivity contribution in [3.8, 4) is 5.75 Å². The average molecular weight is 263 g/mol. The maximum atomic E-state index is 10.1. The number of aliphatic hydroxyl groups excluding tert-OH is 1. The fourth-order valence-corrected chi connectivity index (χ4v) is 1.97. The lowest BCUT2D eigenvalue weighted by molar-refractivity contribution is 0.191. The molecule has 0 bridgehead atoms. The highest BCUT2D eigenvalue weighted by Crippen LogP contribution is 2.25. The van der Waals surface area contributed by atoms with Gasteiger partial charge >= 0.3 is 0 Å². The number of rotatable bonds is 4. The van der Waals surface area contributed by atoms with Crippen LogP contribution in [0.5, 0.6) is 5.75 Å². The summed E-state index contributed by atoms with van der Waals surface area (Å²) in [6.45, 7) is 10.1. The fourth-order valence-electron chi connectivity index (χ4n) is 1.97. The first-order valence-corrected chi connectivity index (χ1v) is 6.76. The first-order chi connectivity index (χ1) is 8.79. The van der Waals surface area contributed by atoms with Gasteiger partial charge in [0.25, 0.3) is 0 Å². The van der Waals surface area contributed by atoms with Crippen molar-refractivity contribution in [2.75, 3.05) is 6.61 Å². The van der Waals surface area contributed by atoms with Crippen LogP contribution in [0.2, 0.25) is 0 Å². The van der Waals surface area contributed by atoms with Crippen molar-refractivity contribution in [1.29, 1.82) is 0 Å². The Balaban J connectivity index is 3.08. The summed E-state index contributed by atoms with van der Waals surface area (Å²) in [5.74, 6) is 0.294. The molecule has 1 rings (SSSR count). The van der Waals surface area contributed by atoms with Crippen molar-refractivity contribution < 1.29 is 10.2 Å². The van der Waals surface area contributed by atoms with Crippen LogP contribution in [-0.4, -0.2) is 29.1 Å². The van der Waals surface area contributed by atoms with Gasteiger partial charge in [-0.25, -0.2) is 0 Å². The van der Waals surface area contributed by atoms with Crippen LogP contribution in [0.3, 0.4) is 0 Å². The number of phenols is 1. The van der Waals surface area contributed by atoms with Gasteiger partial charge in [0.05, 0.1) is 12.6 Å². The molecule has 3 heteroatoms. The number of hydrogen-bond donors (Lipinski definition) is 2. The normalized spacial score (nSPS) is 14.0. The number of aromatic hydroxyl groups is 1. The molecule has 3 nitrogen and oxygen atoms in total. The minimum absolute atomic E-state index is 0.00716. The zero-order valence-corrected chi connectivity index (χ0v) is 12.6. The summed E-state index contributed by atoms with van der Waals surface area (Å²) >= 11 is 0. The molecule has 2 N–H and O–H groups in total. The molecule has 0 spiro atoms. The van der Waals surface area contributed by atoms with Crippen molar-refractivity contribution in [2.24, 2.45) is 10.4 Å². The lowest BCUT2D eigenvalue weighted by Crippen LogP contribution is -2.28. The molecule has 1 unspecified atom stereocenters. The maximum Gasteiger partial charge on any atom is 0.127 e. The van der Waals surface area contributed by atoms with Crippen LogP contribution in [-0.2, 0) is 6.42 Å². The number of aliphatic imine (C=N–C) groups is 1. The summed E-state index contributed by atoms with van der Waals surface area (Å²) in [5.41, 5.74) is 2.66. The minimum Gasteiger partial charge on any atom is -0.507 e.